The molecule has 0 fully saturated rings. The zero-order chi connectivity index (χ0) is 17.8. The quantitative estimate of drug-likeness (QED) is 0.886. The average Bonchev–Trinajstić information content (AvgIpc) is 2.58. The number of nitrogens with one attached hydrogen (secondary N) is 1. The molecule has 0 saturated carbocycles. The number of hydrogen-bond acceptors (Lipinski definition) is 4. The van der Waals surface area contributed by atoms with Crippen molar-refractivity contribution in [3.63, 3.8) is 0 Å². The Balaban J connectivity index is 1.55. The maximum absolute atomic E-state index is 12.2. The first-order valence-electron chi connectivity index (χ1n) is 8.14. The third-order valence-electron chi connectivity index (χ3n) is 3.93. The fourth-order valence-corrected chi connectivity index (χ4v) is 2.85. The molecule has 5 nitrogen and oxygen atoms in total. The maximum Gasteiger partial charge on any atom is 0.238 e. The largest absolute Gasteiger partial charge is 0.486 e. The standard InChI is InChI=1S/C19H21ClN2O3/c1-13-3-5-15(10-16(13)20)21-19(23)12-22(2)11-14-4-6-17-18(9-14)25-8-7-24-17/h3-6,9-10H,7-8,11-12H2,1-2H3,(H,21,23). The van der Waals surface area contributed by atoms with Crippen molar-refractivity contribution in [3.05, 3.63) is 52.5 Å². The molecule has 0 radical (unpaired) electrons. The third kappa shape index (κ3) is 4.65. The Hall–Kier alpha value is -2.24. The number of ether oxygens (including phenoxy) is 2. The first-order chi connectivity index (χ1) is 12.0. The van der Waals surface area contributed by atoms with Gasteiger partial charge in [-0.25, -0.2) is 0 Å². The molecular weight excluding hydrogens is 340 g/mol. The lowest BCUT2D eigenvalue weighted by atomic mass is 10.2. The summed E-state index contributed by atoms with van der Waals surface area (Å²) in [6, 6.07) is 11.3. The lowest BCUT2D eigenvalue weighted by molar-refractivity contribution is -0.117. The summed E-state index contributed by atoms with van der Waals surface area (Å²) < 4.78 is 11.1. The number of hydrogen-bond donors (Lipinski definition) is 1. The molecule has 1 N–H and O–H groups in total. The van der Waals surface area contributed by atoms with E-state index in [1.165, 1.54) is 0 Å². The zero-order valence-electron chi connectivity index (χ0n) is 14.3. The minimum absolute atomic E-state index is 0.0834. The van der Waals surface area contributed by atoms with Crippen LogP contribution in [0, 0.1) is 6.92 Å². The molecule has 0 aromatic heterocycles. The van der Waals surface area contributed by atoms with E-state index >= 15 is 0 Å². The van der Waals surface area contributed by atoms with Gasteiger partial charge >= 0.3 is 0 Å². The van der Waals surface area contributed by atoms with Gasteiger partial charge in [0, 0.05) is 17.3 Å². The summed E-state index contributed by atoms with van der Waals surface area (Å²) in [7, 11) is 1.90. The van der Waals surface area contributed by atoms with Crippen molar-refractivity contribution in [2.75, 3.05) is 32.1 Å². The SMILES string of the molecule is Cc1ccc(NC(=O)CN(C)Cc2ccc3c(c2)OCCO3)cc1Cl. The molecule has 3 rings (SSSR count). The van der Waals surface area contributed by atoms with E-state index in [2.05, 4.69) is 5.32 Å². The second-order valence-corrected chi connectivity index (χ2v) is 6.57. The van der Waals surface area contributed by atoms with Crippen LogP contribution >= 0.6 is 11.6 Å². The Morgan fingerprint density at radius 2 is 1.92 bits per heavy atom. The monoisotopic (exact) mass is 360 g/mol. The van der Waals surface area contributed by atoms with Crippen molar-refractivity contribution in [1.29, 1.82) is 0 Å². The van der Waals surface area contributed by atoms with Crippen LogP contribution < -0.4 is 14.8 Å². The van der Waals surface area contributed by atoms with Gasteiger partial charge in [-0.2, -0.15) is 0 Å². The number of anilines is 1. The highest BCUT2D eigenvalue weighted by atomic mass is 35.5. The molecule has 1 amide bonds. The van der Waals surface area contributed by atoms with Gasteiger partial charge in [-0.05, 0) is 49.4 Å². The van der Waals surface area contributed by atoms with E-state index in [-0.39, 0.29) is 12.5 Å². The van der Waals surface area contributed by atoms with Gasteiger partial charge in [0.2, 0.25) is 5.91 Å². The van der Waals surface area contributed by atoms with Crippen LogP contribution in [0.5, 0.6) is 11.5 Å². The molecule has 132 valence electrons. The molecule has 0 unspecified atom stereocenters. The van der Waals surface area contributed by atoms with Crippen LogP contribution in [-0.4, -0.2) is 37.6 Å². The van der Waals surface area contributed by atoms with Crippen LogP contribution in [0.2, 0.25) is 5.02 Å². The summed E-state index contributed by atoms with van der Waals surface area (Å²) in [5.41, 5.74) is 2.75. The molecule has 2 aromatic rings. The Morgan fingerprint density at radius 1 is 1.16 bits per heavy atom. The molecule has 6 heteroatoms. The fourth-order valence-electron chi connectivity index (χ4n) is 2.67. The van der Waals surface area contributed by atoms with Gasteiger partial charge in [-0.3, -0.25) is 9.69 Å². The number of likely N-dealkylation sites (N-methyl/N-ethyl adjacent to an activating group) is 1. The number of benzene rings is 2. The molecule has 0 saturated heterocycles. The molecule has 1 aliphatic heterocycles. The van der Waals surface area contributed by atoms with Crippen LogP contribution in [0.15, 0.2) is 36.4 Å². The lowest BCUT2D eigenvalue weighted by Crippen LogP contribution is -2.29. The van der Waals surface area contributed by atoms with Crippen LogP contribution in [0.4, 0.5) is 5.69 Å². The number of halogens is 1. The molecule has 1 aliphatic rings. The molecule has 1 heterocycles. The minimum atomic E-state index is -0.0834. The van der Waals surface area contributed by atoms with Crippen LogP contribution in [0.3, 0.4) is 0 Å². The Kier molecular flexibility index (Phi) is 5.46. The predicted molar refractivity (Wildman–Crippen MR) is 98.6 cm³/mol. The summed E-state index contributed by atoms with van der Waals surface area (Å²) in [6.45, 7) is 3.98. The Labute approximate surface area is 152 Å². The average molecular weight is 361 g/mol. The van der Waals surface area contributed by atoms with E-state index in [1.54, 1.807) is 6.07 Å². The molecule has 25 heavy (non-hydrogen) atoms. The maximum atomic E-state index is 12.2. The first kappa shape index (κ1) is 17.6. The van der Waals surface area contributed by atoms with Gasteiger partial charge in [0.25, 0.3) is 0 Å². The molecule has 0 spiro atoms. The van der Waals surface area contributed by atoms with E-state index in [0.717, 1.165) is 22.6 Å². The summed E-state index contributed by atoms with van der Waals surface area (Å²) in [5, 5.41) is 3.51. The number of rotatable bonds is 5. The van der Waals surface area contributed by atoms with Gasteiger partial charge in [0.15, 0.2) is 11.5 Å². The minimum Gasteiger partial charge on any atom is -0.486 e. The highest BCUT2D eigenvalue weighted by Gasteiger charge is 2.13. The zero-order valence-corrected chi connectivity index (χ0v) is 15.1. The van der Waals surface area contributed by atoms with Crippen molar-refractivity contribution in [2.24, 2.45) is 0 Å². The summed E-state index contributed by atoms with van der Waals surface area (Å²) in [6.07, 6.45) is 0. The van der Waals surface area contributed by atoms with Gasteiger partial charge < -0.3 is 14.8 Å². The van der Waals surface area contributed by atoms with Gasteiger partial charge in [-0.1, -0.05) is 23.7 Å². The highest BCUT2D eigenvalue weighted by Crippen LogP contribution is 2.31. The number of fused-ring (bicyclic) bond motifs is 1. The summed E-state index contributed by atoms with van der Waals surface area (Å²) >= 11 is 6.08. The second-order valence-electron chi connectivity index (χ2n) is 6.16. The fraction of sp³-hybridized carbons (Fsp3) is 0.316. The molecule has 0 aliphatic carbocycles. The molecule has 0 bridgehead atoms. The highest BCUT2D eigenvalue weighted by molar-refractivity contribution is 6.31. The smallest absolute Gasteiger partial charge is 0.238 e. The van der Waals surface area contributed by atoms with Crippen LogP contribution in [0.1, 0.15) is 11.1 Å². The summed E-state index contributed by atoms with van der Waals surface area (Å²) in [5.74, 6) is 1.45. The second kappa shape index (κ2) is 7.76. The molecular formula is C19H21ClN2O3. The van der Waals surface area contributed by atoms with Crippen molar-refractivity contribution >= 4 is 23.2 Å². The van der Waals surface area contributed by atoms with Crippen LogP contribution in [0.25, 0.3) is 0 Å². The Bertz CT molecular complexity index is 779. The topological polar surface area (TPSA) is 50.8 Å². The molecule has 2 aromatic carbocycles. The van der Waals surface area contributed by atoms with Gasteiger partial charge in [0.05, 0.1) is 6.54 Å². The summed E-state index contributed by atoms with van der Waals surface area (Å²) in [4.78, 5) is 14.1. The Morgan fingerprint density at radius 3 is 2.68 bits per heavy atom. The van der Waals surface area contributed by atoms with Gasteiger partial charge in [-0.15, -0.1) is 0 Å². The van der Waals surface area contributed by atoms with Gasteiger partial charge in [0.1, 0.15) is 13.2 Å². The number of carbonyl (C=O) groups is 1. The number of amides is 1. The van der Waals surface area contributed by atoms with E-state index in [1.807, 2.05) is 49.2 Å². The predicted octanol–water partition coefficient (Wildman–Crippen LogP) is 3.49. The normalized spacial score (nSPS) is 13.0. The van der Waals surface area contributed by atoms with Crippen LogP contribution in [-0.2, 0) is 11.3 Å². The first-order valence-corrected chi connectivity index (χ1v) is 8.52. The van der Waals surface area contributed by atoms with Crippen molar-refractivity contribution in [3.8, 4) is 11.5 Å². The number of aryl methyl sites for hydroxylation is 1. The van der Waals surface area contributed by atoms with E-state index in [4.69, 9.17) is 21.1 Å². The van der Waals surface area contributed by atoms with E-state index in [0.29, 0.717) is 30.5 Å². The van der Waals surface area contributed by atoms with Crippen molar-refractivity contribution in [2.45, 2.75) is 13.5 Å². The molecule has 0 atom stereocenters. The lowest BCUT2D eigenvalue weighted by Gasteiger charge is -2.21. The van der Waals surface area contributed by atoms with E-state index in [9.17, 15) is 4.79 Å². The third-order valence-corrected chi connectivity index (χ3v) is 4.34. The number of nitrogens with zero attached hydrogens (tertiary/aromatic N) is 1. The number of carbonyl (C=O) groups excluding carboxylic acids is 1. The van der Waals surface area contributed by atoms with E-state index < -0.39 is 0 Å². The van der Waals surface area contributed by atoms with Crippen molar-refractivity contribution in [1.82, 2.24) is 4.90 Å². The van der Waals surface area contributed by atoms with Crippen molar-refractivity contribution < 1.29 is 14.3 Å².